The Kier molecular flexibility index (Phi) is 4.99. The standard InChI is InChI=1S/C20H22N2O5S/c1-2-26-18-5-3-4-14-10-15(12-27-20(14)18)22-28(24,25)16-7-8-17-13(11-16)6-9-19(23)21-17/h3-5,7-8,11,15,22H,2,6,9-10,12H2,1H3,(H,21,23). The van der Waals surface area contributed by atoms with Crippen molar-refractivity contribution < 1.29 is 22.7 Å². The lowest BCUT2D eigenvalue weighted by atomic mass is 10.0. The summed E-state index contributed by atoms with van der Waals surface area (Å²) >= 11 is 0. The van der Waals surface area contributed by atoms with Gasteiger partial charge in [0, 0.05) is 12.1 Å². The molecular weight excluding hydrogens is 380 g/mol. The van der Waals surface area contributed by atoms with Crippen LogP contribution in [-0.4, -0.2) is 33.6 Å². The molecule has 4 rings (SSSR count). The molecule has 2 aromatic rings. The van der Waals surface area contributed by atoms with Crippen molar-refractivity contribution in [1.29, 1.82) is 0 Å². The molecule has 2 aliphatic heterocycles. The summed E-state index contributed by atoms with van der Waals surface area (Å²) < 4.78 is 39.8. The summed E-state index contributed by atoms with van der Waals surface area (Å²) in [5, 5.41) is 2.76. The van der Waals surface area contributed by atoms with E-state index >= 15 is 0 Å². The molecule has 0 aromatic heterocycles. The quantitative estimate of drug-likeness (QED) is 0.800. The van der Waals surface area contributed by atoms with Gasteiger partial charge in [-0.2, -0.15) is 0 Å². The second-order valence-electron chi connectivity index (χ2n) is 6.88. The summed E-state index contributed by atoms with van der Waals surface area (Å²) in [6, 6.07) is 10.0. The number of fused-ring (bicyclic) bond motifs is 2. The maximum atomic E-state index is 12.9. The van der Waals surface area contributed by atoms with Crippen molar-refractivity contribution in [3.63, 3.8) is 0 Å². The van der Waals surface area contributed by atoms with Gasteiger partial charge < -0.3 is 14.8 Å². The van der Waals surface area contributed by atoms with Crippen molar-refractivity contribution in [2.24, 2.45) is 0 Å². The van der Waals surface area contributed by atoms with E-state index in [1.165, 1.54) is 6.07 Å². The molecule has 1 amide bonds. The number of rotatable bonds is 5. The fourth-order valence-corrected chi connectivity index (χ4v) is 4.82. The molecule has 1 atom stereocenters. The highest BCUT2D eigenvalue weighted by Crippen LogP contribution is 2.35. The molecule has 0 radical (unpaired) electrons. The van der Waals surface area contributed by atoms with Crippen molar-refractivity contribution in [2.45, 2.75) is 37.1 Å². The average molecular weight is 402 g/mol. The van der Waals surface area contributed by atoms with Crippen LogP contribution in [0.5, 0.6) is 11.5 Å². The van der Waals surface area contributed by atoms with E-state index in [2.05, 4.69) is 10.0 Å². The van der Waals surface area contributed by atoms with Crippen LogP contribution in [-0.2, 0) is 27.7 Å². The van der Waals surface area contributed by atoms with Gasteiger partial charge in [0.15, 0.2) is 11.5 Å². The van der Waals surface area contributed by atoms with Crippen LogP contribution in [0, 0.1) is 0 Å². The van der Waals surface area contributed by atoms with Gasteiger partial charge in [-0.05, 0) is 55.2 Å². The SMILES string of the molecule is CCOc1cccc2c1OCC(NS(=O)(=O)c1ccc3c(c1)CCC(=O)N3)C2. The molecule has 28 heavy (non-hydrogen) atoms. The third-order valence-electron chi connectivity index (χ3n) is 4.86. The monoisotopic (exact) mass is 402 g/mol. The normalized spacial score (nSPS) is 18.5. The third kappa shape index (κ3) is 3.70. The van der Waals surface area contributed by atoms with Crippen LogP contribution in [0.2, 0.25) is 0 Å². The predicted octanol–water partition coefficient (Wildman–Crippen LogP) is 2.25. The largest absolute Gasteiger partial charge is 0.490 e. The lowest BCUT2D eigenvalue weighted by molar-refractivity contribution is -0.116. The lowest BCUT2D eigenvalue weighted by Crippen LogP contribution is -2.42. The number of ether oxygens (including phenoxy) is 2. The Balaban J connectivity index is 1.51. The minimum absolute atomic E-state index is 0.0503. The number of nitrogens with one attached hydrogen (secondary N) is 2. The maximum Gasteiger partial charge on any atom is 0.240 e. The topological polar surface area (TPSA) is 93.7 Å². The van der Waals surface area contributed by atoms with E-state index in [0.717, 1.165) is 11.1 Å². The van der Waals surface area contributed by atoms with Crippen LogP contribution in [0.4, 0.5) is 5.69 Å². The zero-order chi connectivity index (χ0) is 19.7. The molecule has 0 fully saturated rings. The van der Waals surface area contributed by atoms with Gasteiger partial charge in [0.05, 0.1) is 17.5 Å². The number of carbonyl (C=O) groups excluding carboxylic acids is 1. The molecule has 2 N–H and O–H groups in total. The Morgan fingerprint density at radius 1 is 1.21 bits per heavy atom. The van der Waals surface area contributed by atoms with Gasteiger partial charge in [0.2, 0.25) is 15.9 Å². The maximum absolute atomic E-state index is 12.9. The van der Waals surface area contributed by atoms with E-state index in [0.29, 0.717) is 43.1 Å². The smallest absolute Gasteiger partial charge is 0.240 e. The van der Waals surface area contributed by atoms with Crippen LogP contribution in [0.1, 0.15) is 24.5 Å². The van der Waals surface area contributed by atoms with Gasteiger partial charge in [-0.3, -0.25) is 4.79 Å². The third-order valence-corrected chi connectivity index (χ3v) is 6.38. The fraction of sp³-hybridized carbons (Fsp3) is 0.350. The van der Waals surface area contributed by atoms with E-state index in [9.17, 15) is 13.2 Å². The number of aryl methyl sites for hydroxylation is 1. The summed E-state index contributed by atoms with van der Waals surface area (Å²) in [5.41, 5.74) is 2.42. The van der Waals surface area contributed by atoms with E-state index in [1.54, 1.807) is 12.1 Å². The number of anilines is 1. The highest BCUT2D eigenvalue weighted by Gasteiger charge is 2.28. The number of hydrogen-bond donors (Lipinski definition) is 2. The molecular formula is C20H22N2O5S. The van der Waals surface area contributed by atoms with Crippen molar-refractivity contribution in [3.05, 3.63) is 47.5 Å². The van der Waals surface area contributed by atoms with Gasteiger partial charge in [-0.15, -0.1) is 0 Å². The number of amides is 1. The molecule has 0 saturated heterocycles. The summed E-state index contributed by atoms with van der Waals surface area (Å²) in [6.07, 6.45) is 1.42. The van der Waals surface area contributed by atoms with Crippen molar-refractivity contribution in [3.8, 4) is 11.5 Å². The van der Waals surface area contributed by atoms with E-state index in [4.69, 9.17) is 9.47 Å². The highest BCUT2D eigenvalue weighted by molar-refractivity contribution is 7.89. The number of sulfonamides is 1. The second-order valence-corrected chi connectivity index (χ2v) is 8.59. The predicted molar refractivity (Wildman–Crippen MR) is 104 cm³/mol. The number of carbonyl (C=O) groups is 1. The molecule has 2 aliphatic rings. The van der Waals surface area contributed by atoms with Crippen LogP contribution in [0.15, 0.2) is 41.3 Å². The molecule has 2 aromatic carbocycles. The Morgan fingerprint density at radius 3 is 2.89 bits per heavy atom. The molecule has 7 nitrogen and oxygen atoms in total. The van der Waals surface area contributed by atoms with Gasteiger partial charge in [0.25, 0.3) is 0 Å². The van der Waals surface area contributed by atoms with E-state index in [1.807, 2.05) is 25.1 Å². The van der Waals surface area contributed by atoms with Gasteiger partial charge in [0.1, 0.15) is 6.61 Å². The lowest BCUT2D eigenvalue weighted by Gasteiger charge is -2.27. The highest BCUT2D eigenvalue weighted by atomic mass is 32.2. The molecule has 0 spiro atoms. The fourth-order valence-electron chi connectivity index (χ4n) is 3.55. The summed E-state index contributed by atoms with van der Waals surface area (Å²) in [5.74, 6) is 1.31. The van der Waals surface area contributed by atoms with E-state index < -0.39 is 10.0 Å². The average Bonchev–Trinajstić information content (AvgIpc) is 2.67. The minimum Gasteiger partial charge on any atom is -0.490 e. The Morgan fingerprint density at radius 2 is 2.07 bits per heavy atom. The first-order chi connectivity index (χ1) is 13.5. The van der Waals surface area contributed by atoms with Crippen LogP contribution in [0.3, 0.4) is 0 Å². The van der Waals surface area contributed by atoms with E-state index in [-0.39, 0.29) is 23.5 Å². The Labute approximate surface area is 164 Å². The first kappa shape index (κ1) is 18.8. The molecule has 0 saturated carbocycles. The van der Waals surface area contributed by atoms with Crippen molar-refractivity contribution >= 4 is 21.6 Å². The Hall–Kier alpha value is -2.58. The Bertz CT molecular complexity index is 1020. The van der Waals surface area contributed by atoms with Crippen LogP contribution < -0.4 is 19.5 Å². The number of benzene rings is 2. The summed E-state index contributed by atoms with van der Waals surface area (Å²) in [4.78, 5) is 11.7. The first-order valence-electron chi connectivity index (χ1n) is 9.29. The van der Waals surface area contributed by atoms with Crippen LogP contribution in [0.25, 0.3) is 0 Å². The van der Waals surface area contributed by atoms with Crippen LogP contribution >= 0.6 is 0 Å². The van der Waals surface area contributed by atoms with Gasteiger partial charge >= 0.3 is 0 Å². The molecule has 0 bridgehead atoms. The zero-order valence-corrected chi connectivity index (χ0v) is 16.3. The number of hydrogen-bond acceptors (Lipinski definition) is 5. The number of para-hydroxylation sites is 1. The summed E-state index contributed by atoms with van der Waals surface area (Å²) in [6.45, 7) is 2.68. The molecule has 8 heteroatoms. The van der Waals surface area contributed by atoms with Gasteiger partial charge in [-0.1, -0.05) is 12.1 Å². The molecule has 1 unspecified atom stereocenters. The molecule has 2 heterocycles. The summed E-state index contributed by atoms with van der Waals surface area (Å²) in [7, 11) is -3.70. The molecule has 148 valence electrons. The van der Waals surface area contributed by atoms with Gasteiger partial charge in [-0.25, -0.2) is 13.1 Å². The second kappa shape index (κ2) is 7.44. The zero-order valence-electron chi connectivity index (χ0n) is 15.5. The minimum atomic E-state index is -3.70. The molecule has 0 aliphatic carbocycles. The van der Waals surface area contributed by atoms with Crippen molar-refractivity contribution in [2.75, 3.05) is 18.5 Å². The first-order valence-corrected chi connectivity index (χ1v) is 10.8. The van der Waals surface area contributed by atoms with Crippen molar-refractivity contribution in [1.82, 2.24) is 4.72 Å².